The van der Waals surface area contributed by atoms with Crippen LogP contribution in [0.5, 0.6) is 0 Å². The first-order valence-corrected chi connectivity index (χ1v) is 10.3. The number of benzene rings is 2. The molecular weight excluding hydrogens is 403 g/mol. The number of carbonyl (C=O) groups excluding carboxylic acids is 1. The van der Waals surface area contributed by atoms with Gasteiger partial charge in [-0.25, -0.2) is 23.1 Å². The second-order valence-electron chi connectivity index (χ2n) is 7.89. The van der Waals surface area contributed by atoms with Gasteiger partial charge in [-0.15, -0.1) is 0 Å². The van der Waals surface area contributed by atoms with E-state index >= 15 is 0 Å². The summed E-state index contributed by atoms with van der Waals surface area (Å²) in [5.41, 5.74) is 2.38. The number of nitrogens with zero attached hydrogens (tertiary/aromatic N) is 2. The van der Waals surface area contributed by atoms with Gasteiger partial charge in [-0.1, -0.05) is 31.7 Å². The molecule has 160 valence electrons. The van der Waals surface area contributed by atoms with E-state index in [2.05, 4.69) is 10.3 Å². The first kappa shape index (κ1) is 21.0. The van der Waals surface area contributed by atoms with Crippen LogP contribution in [0.3, 0.4) is 0 Å². The van der Waals surface area contributed by atoms with Crippen molar-refractivity contribution < 1.29 is 18.0 Å². The van der Waals surface area contributed by atoms with Crippen LogP contribution in [0, 0.1) is 23.4 Å². The number of carbonyl (C=O) groups is 1. The molecule has 7 heteroatoms. The molecule has 0 unspecified atom stereocenters. The van der Waals surface area contributed by atoms with Gasteiger partial charge in [0.1, 0.15) is 5.82 Å². The molecule has 0 spiro atoms. The Morgan fingerprint density at radius 1 is 1.00 bits per heavy atom. The van der Waals surface area contributed by atoms with Crippen LogP contribution in [-0.2, 0) is 17.6 Å². The minimum atomic E-state index is -0.990. The summed E-state index contributed by atoms with van der Waals surface area (Å²) in [6.07, 6.45) is 6.67. The molecular formula is C24H22F3N3O. The molecule has 0 aliphatic heterocycles. The average Bonchev–Trinajstić information content (AvgIpc) is 3.26. The smallest absolute Gasteiger partial charge is 0.229 e. The summed E-state index contributed by atoms with van der Waals surface area (Å²) in [4.78, 5) is 21.6. The molecule has 2 aromatic carbocycles. The predicted molar refractivity (Wildman–Crippen MR) is 112 cm³/mol. The summed E-state index contributed by atoms with van der Waals surface area (Å²) < 4.78 is 39.8. The highest BCUT2D eigenvalue weighted by Gasteiger charge is 2.20. The van der Waals surface area contributed by atoms with Crippen LogP contribution < -0.4 is 5.32 Å². The number of hydrogen-bond acceptors (Lipinski definition) is 3. The van der Waals surface area contributed by atoms with Gasteiger partial charge in [0.25, 0.3) is 0 Å². The molecule has 4 rings (SSSR count). The van der Waals surface area contributed by atoms with Crippen LogP contribution in [0.15, 0.2) is 48.7 Å². The van der Waals surface area contributed by atoms with Gasteiger partial charge in [-0.3, -0.25) is 4.79 Å². The number of anilines is 1. The predicted octanol–water partition coefficient (Wildman–Crippen LogP) is 5.47. The molecule has 4 nitrogen and oxygen atoms in total. The fourth-order valence-electron chi connectivity index (χ4n) is 3.93. The van der Waals surface area contributed by atoms with Gasteiger partial charge < -0.3 is 5.32 Å². The van der Waals surface area contributed by atoms with Crippen molar-refractivity contribution in [2.24, 2.45) is 5.92 Å². The average molecular weight is 425 g/mol. The zero-order valence-corrected chi connectivity index (χ0v) is 16.9. The molecule has 3 aromatic rings. The number of aromatic nitrogens is 2. The van der Waals surface area contributed by atoms with Gasteiger partial charge in [-0.05, 0) is 54.3 Å². The highest BCUT2D eigenvalue weighted by molar-refractivity contribution is 5.92. The van der Waals surface area contributed by atoms with Gasteiger partial charge in [0.15, 0.2) is 17.5 Å². The minimum Gasteiger partial charge on any atom is -0.309 e. The van der Waals surface area contributed by atoms with Crippen molar-refractivity contribution in [1.82, 2.24) is 9.97 Å². The SMILES string of the molecule is O=C(Cc1ccc(F)c(F)c1)Nc1ncc(-c2ccc(F)cc2)nc1CC1CCCC1. The van der Waals surface area contributed by atoms with Gasteiger partial charge in [0, 0.05) is 5.56 Å². The fraction of sp³-hybridized carbons (Fsp3) is 0.292. The van der Waals surface area contributed by atoms with Gasteiger partial charge in [0.2, 0.25) is 5.91 Å². The lowest BCUT2D eigenvalue weighted by atomic mass is 10.0. The maximum Gasteiger partial charge on any atom is 0.229 e. The number of rotatable bonds is 6. The zero-order chi connectivity index (χ0) is 21.8. The van der Waals surface area contributed by atoms with Crippen LogP contribution in [0.1, 0.15) is 36.9 Å². The van der Waals surface area contributed by atoms with Crippen LogP contribution in [0.2, 0.25) is 0 Å². The highest BCUT2D eigenvalue weighted by Crippen LogP contribution is 2.30. The van der Waals surface area contributed by atoms with Crippen LogP contribution in [0.4, 0.5) is 19.0 Å². The first-order chi connectivity index (χ1) is 15.0. The van der Waals surface area contributed by atoms with Crippen LogP contribution in [-0.4, -0.2) is 15.9 Å². The Morgan fingerprint density at radius 2 is 1.74 bits per heavy atom. The summed E-state index contributed by atoms with van der Waals surface area (Å²) in [6, 6.07) is 9.40. The molecule has 0 radical (unpaired) electrons. The second kappa shape index (κ2) is 9.29. The molecule has 0 atom stereocenters. The van der Waals surface area contributed by atoms with E-state index in [1.54, 1.807) is 18.3 Å². The van der Waals surface area contributed by atoms with Crippen molar-refractivity contribution in [2.75, 3.05) is 5.32 Å². The van der Waals surface area contributed by atoms with Crippen molar-refractivity contribution in [2.45, 2.75) is 38.5 Å². The normalized spacial score (nSPS) is 14.0. The summed E-state index contributed by atoms with van der Waals surface area (Å²) in [5.74, 6) is -1.82. The third kappa shape index (κ3) is 5.29. The zero-order valence-electron chi connectivity index (χ0n) is 16.9. The maximum atomic E-state index is 13.4. The second-order valence-corrected chi connectivity index (χ2v) is 7.89. The van der Waals surface area contributed by atoms with Crippen molar-refractivity contribution in [1.29, 1.82) is 0 Å². The Hall–Kier alpha value is -3.22. The molecule has 1 amide bonds. The van der Waals surface area contributed by atoms with E-state index in [0.717, 1.165) is 30.5 Å². The summed E-state index contributed by atoms with van der Waals surface area (Å²) in [7, 11) is 0. The number of amides is 1. The monoisotopic (exact) mass is 425 g/mol. The summed E-state index contributed by atoms with van der Waals surface area (Å²) >= 11 is 0. The molecule has 1 fully saturated rings. The minimum absolute atomic E-state index is 0.110. The summed E-state index contributed by atoms with van der Waals surface area (Å²) in [6.45, 7) is 0. The van der Waals surface area contributed by atoms with Crippen molar-refractivity contribution in [3.8, 4) is 11.3 Å². The number of halogens is 3. The number of hydrogen-bond donors (Lipinski definition) is 1. The quantitative estimate of drug-likeness (QED) is 0.569. The topological polar surface area (TPSA) is 54.9 Å². The van der Waals surface area contributed by atoms with E-state index in [-0.39, 0.29) is 18.1 Å². The van der Waals surface area contributed by atoms with Crippen molar-refractivity contribution in [3.05, 3.63) is 77.4 Å². The molecule has 1 aliphatic carbocycles. The van der Waals surface area contributed by atoms with E-state index < -0.39 is 11.6 Å². The molecule has 1 N–H and O–H groups in total. The Labute approximate surface area is 178 Å². The molecule has 0 saturated heterocycles. The molecule has 1 aliphatic rings. The lowest BCUT2D eigenvalue weighted by Crippen LogP contribution is -2.18. The van der Waals surface area contributed by atoms with E-state index in [1.165, 1.54) is 31.0 Å². The Balaban J connectivity index is 1.56. The molecule has 1 aromatic heterocycles. The standard InChI is InChI=1S/C24H22F3N3O/c25-18-8-6-17(7-9-18)22-14-28-24(21(29-22)12-15-3-1-2-4-15)30-23(31)13-16-5-10-19(26)20(27)11-16/h5-11,14-15H,1-4,12-13H2,(H,28,30,31). The third-order valence-corrected chi connectivity index (χ3v) is 5.55. The third-order valence-electron chi connectivity index (χ3n) is 5.55. The van der Waals surface area contributed by atoms with Gasteiger partial charge >= 0.3 is 0 Å². The van der Waals surface area contributed by atoms with Crippen molar-refractivity contribution >= 4 is 11.7 Å². The Morgan fingerprint density at radius 3 is 2.45 bits per heavy atom. The van der Waals surface area contributed by atoms with Gasteiger partial charge in [0.05, 0.1) is 24.0 Å². The van der Waals surface area contributed by atoms with E-state index in [9.17, 15) is 18.0 Å². The van der Waals surface area contributed by atoms with E-state index in [1.807, 2.05) is 0 Å². The molecule has 1 saturated carbocycles. The lowest BCUT2D eigenvalue weighted by Gasteiger charge is -2.14. The van der Waals surface area contributed by atoms with Crippen molar-refractivity contribution in [3.63, 3.8) is 0 Å². The maximum absolute atomic E-state index is 13.4. The van der Waals surface area contributed by atoms with Crippen LogP contribution >= 0.6 is 0 Å². The molecule has 0 bridgehead atoms. The lowest BCUT2D eigenvalue weighted by molar-refractivity contribution is -0.115. The first-order valence-electron chi connectivity index (χ1n) is 10.3. The number of nitrogens with one attached hydrogen (secondary N) is 1. The summed E-state index contributed by atoms with van der Waals surface area (Å²) in [5, 5.41) is 2.77. The Bertz CT molecular complexity index is 1080. The fourth-order valence-corrected chi connectivity index (χ4v) is 3.93. The van der Waals surface area contributed by atoms with E-state index in [4.69, 9.17) is 4.98 Å². The van der Waals surface area contributed by atoms with Crippen LogP contribution in [0.25, 0.3) is 11.3 Å². The molecule has 1 heterocycles. The highest BCUT2D eigenvalue weighted by atomic mass is 19.2. The van der Waals surface area contributed by atoms with Gasteiger partial charge in [-0.2, -0.15) is 0 Å². The van der Waals surface area contributed by atoms with E-state index in [0.29, 0.717) is 35.1 Å². The Kier molecular flexibility index (Phi) is 6.30. The largest absolute Gasteiger partial charge is 0.309 e. The molecule has 31 heavy (non-hydrogen) atoms.